The van der Waals surface area contributed by atoms with Crippen molar-refractivity contribution in [1.29, 1.82) is 0 Å². The molecule has 0 aromatic carbocycles. The van der Waals surface area contributed by atoms with E-state index in [9.17, 15) is 13.2 Å². The molecule has 1 aliphatic rings. The molecule has 1 saturated carbocycles. The third-order valence-electron chi connectivity index (χ3n) is 3.59. The van der Waals surface area contributed by atoms with Crippen LogP contribution in [0.2, 0.25) is 0 Å². The molecule has 7 heteroatoms. The zero-order valence-corrected chi connectivity index (χ0v) is 11.6. The van der Waals surface area contributed by atoms with Gasteiger partial charge in [0.2, 0.25) is 5.82 Å². The molecule has 112 valence electrons. The molecule has 2 rings (SSSR count). The molecule has 0 saturated heterocycles. The smallest absolute Gasteiger partial charge is 0.370 e. The van der Waals surface area contributed by atoms with E-state index < -0.39 is 12.0 Å². The number of hydrogen-bond donors (Lipinski definition) is 2. The highest BCUT2D eigenvalue weighted by atomic mass is 19.4. The predicted molar refractivity (Wildman–Crippen MR) is 71.6 cm³/mol. The molecule has 0 radical (unpaired) electrons. The number of anilines is 2. The summed E-state index contributed by atoms with van der Waals surface area (Å²) in [7, 11) is 0. The average molecular weight is 288 g/mol. The summed E-state index contributed by atoms with van der Waals surface area (Å²) >= 11 is 0. The molecule has 1 heterocycles. The number of nitrogens with one attached hydrogen (secondary N) is 2. The van der Waals surface area contributed by atoms with Crippen LogP contribution in [-0.4, -0.2) is 23.1 Å². The molecule has 1 aromatic rings. The minimum atomic E-state index is -4.54. The molecule has 1 aromatic heterocycles. The first-order chi connectivity index (χ1) is 9.32. The van der Waals surface area contributed by atoms with Crippen LogP contribution in [0.1, 0.15) is 38.9 Å². The van der Waals surface area contributed by atoms with Gasteiger partial charge >= 0.3 is 6.18 Å². The second-order valence-electron chi connectivity index (χ2n) is 5.51. The third-order valence-corrected chi connectivity index (χ3v) is 3.59. The molecule has 0 spiro atoms. The van der Waals surface area contributed by atoms with Crippen LogP contribution >= 0.6 is 0 Å². The van der Waals surface area contributed by atoms with Crippen LogP contribution in [0.4, 0.5) is 24.8 Å². The fourth-order valence-electron chi connectivity index (χ4n) is 2.20. The Bertz CT molecular complexity index is 469. The highest BCUT2D eigenvalue weighted by Crippen LogP contribution is 2.40. The SMILES string of the molecule is CCNc1cc(NCC2(C)CCC2)nc(C(F)(F)F)n1. The minimum Gasteiger partial charge on any atom is -0.370 e. The Labute approximate surface area is 116 Å². The van der Waals surface area contributed by atoms with E-state index in [0.717, 1.165) is 12.8 Å². The first-order valence-electron chi connectivity index (χ1n) is 6.76. The van der Waals surface area contributed by atoms with Gasteiger partial charge in [-0.3, -0.25) is 0 Å². The molecule has 0 aliphatic heterocycles. The lowest BCUT2D eigenvalue weighted by Crippen LogP contribution is -2.33. The molecule has 20 heavy (non-hydrogen) atoms. The summed E-state index contributed by atoms with van der Waals surface area (Å²) < 4.78 is 38.3. The van der Waals surface area contributed by atoms with Crippen LogP contribution in [0.3, 0.4) is 0 Å². The molecule has 0 amide bonds. The van der Waals surface area contributed by atoms with Crippen molar-refractivity contribution in [2.24, 2.45) is 5.41 Å². The van der Waals surface area contributed by atoms with Crippen molar-refractivity contribution in [2.75, 3.05) is 23.7 Å². The van der Waals surface area contributed by atoms with E-state index in [1.165, 1.54) is 12.5 Å². The molecule has 2 N–H and O–H groups in total. The van der Waals surface area contributed by atoms with Gasteiger partial charge in [0.05, 0.1) is 0 Å². The summed E-state index contributed by atoms with van der Waals surface area (Å²) in [5.41, 5.74) is 0.168. The molecule has 1 fully saturated rings. The van der Waals surface area contributed by atoms with Crippen molar-refractivity contribution < 1.29 is 13.2 Å². The van der Waals surface area contributed by atoms with Crippen molar-refractivity contribution in [1.82, 2.24) is 9.97 Å². The zero-order valence-electron chi connectivity index (χ0n) is 11.6. The number of aromatic nitrogens is 2. The summed E-state index contributed by atoms with van der Waals surface area (Å²) in [6, 6.07) is 1.51. The Morgan fingerprint density at radius 1 is 1.20 bits per heavy atom. The number of nitrogens with zero attached hydrogens (tertiary/aromatic N) is 2. The molecule has 0 bridgehead atoms. The maximum Gasteiger partial charge on any atom is 0.451 e. The monoisotopic (exact) mass is 288 g/mol. The van der Waals surface area contributed by atoms with Crippen molar-refractivity contribution in [3.05, 3.63) is 11.9 Å². The van der Waals surface area contributed by atoms with Crippen LogP contribution in [0.5, 0.6) is 0 Å². The van der Waals surface area contributed by atoms with Crippen molar-refractivity contribution in [3.63, 3.8) is 0 Å². The van der Waals surface area contributed by atoms with Crippen molar-refractivity contribution in [2.45, 2.75) is 39.3 Å². The van der Waals surface area contributed by atoms with Crippen LogP contribution in [0.15, 0.2) is 6.07 Å². The Morgan fingerprint density at radius 3 is 2.25 bits per heavy atom. The predicted octanol–water partition coefficient (Wildman–Crippen LogP) is 3.53. The molecule has 0 atom stereocenters. The first kappa shape index (κ1) is 14.9. The summed E-state index contributed by atoms with van der Waals surface area (Å²) in [6.07, 6.45) is -1.17. The second kappa shape index (κ2) is 5.46. The quantitative estimate of drug-likeness (QED) is 0.870. The van der Waals surface area contributed by atoms with Gasteiger partial charge in [0.15, 0.2) is 0 Å². The lowest BCUT2D eigenvalue weighted by atomic mass is 9.70. The maximum atomic E-state index is 12.8. The number of hydrogen-bond acceptors (Lipinski definition) is 4. The van der Waals surface area contributed by atoms with Crippen LogP contribution in [-0.2, 0) is 6.18 Å². The van der Waals surface area contributed by atoms with Crippen LogP contribution in [0, 0.1) is 5.41 Å². The topological polar surface area (TPSA) is 49.8 Å². The molecular weight excluding hydrogens is 269 g/mol. The van der Waals surface area contributed by atoms with Gasteiger partial charge in [-0.05, 0) is 25.2 Å². The number of rotatable bonds is 5. The molecule has 0 unspecified atom stereocenters. The van der Waals surface area contributed by atoms with Crippen LogP contribution in [0.25, 0.3) is 0 Å². The van der Waals surface area contributed by atoms with E-state index in [1.54, 1.807) is 6.92 Å². The van der Waals surface area contributed by atoms with E-state index in [4.69, 9.17) is 0 Å². The number of halogens is 3. The highest BCUT2D eigenvalue weighted by Gasteiger charge is 2.36. The van der Waals surface area contributed by atoms with E-state index in [2.05, 4.69) is 27.5 Å². The molecular formula is C13H19F3N4. The van der Waals surface area contributed by atoms with Crippen molar-refractivity contribution in [3.8, 4) is 0 Å². The fraction of sp³-hybridized carbons (Fsp3) is 0.692. The van der Waals surface area contributed by atoms with Gasteiger partial charge in [0.25, 0.3) is 0 Å². The largest absolute Gasteiger partial charge is 0.451 e. The second-order valence-corrected chi connectivity index (χ2v) is 5.51. The summed E-state index contributed by atoms with van der Waals surface area (Å²) in [5.74, 6) is -0.704. The number of alkyl halides is 3. The van der Waals surface area contributed by atoms with Gasteiger partial charge in [-0.2, -0.15) is 13.2 Å². The van der Waals surface area contributed by atoms with E-state index in [1.807, 2.05) is 0 Å². The van der Waals surface area contributed by atoms with E-state index >= 15 is 0 Å². The standard InChI is InChI=1S/C13H19F3N4/c1-3-17-9-7-10(18-8-12(2)5-4-6-12)20-11(19-9)13(14,15)16/h7H,3-6,8H2,1-2H3,(H2,17,18,19,20). The van der Waals surface area contributed by atoms with Gasteiger partial charge in [0.1, 0.15) is 11.6 Å². The summed E-state index contributed by atoms with van der Waals surface area (Å²) in [4.78, 5) is 7.05. The Balaban J connectivity index is 2.15. The Hall–Kier alpha value is -1.53. The van der Waals surface area contributed by atoms with Gasteiger partial charge in [-0.15, -0.1) is 0 Å². The van der Waals surface area contributed by atoms with Gasteiger partial charge < -0.3 is 10.6 Å². The van der Waals surface area contributed by atoms with E-state index in [0.29, 0.717) is 13.1 Å². The molecule has 1 aliphatic carbocycles. The van der Waals surface area contributed by atoms with Crippen molar-refractivity contribution >= 4 is 11.6 Å². The summed E-state index contributed by atoms with van der Waals surface area (Å²) in [5, 5.41) is 5.80. The molecule has 4 nitrogen and oxygen atoms in total. The Morgan fingerprint density at radius 2 is 1.80 bits per heavy atom. The van der Waals surface area contributed by atoms with Gasteiger partial charge in [0, 0.05) is 19.2 Å². The normalized spacial score (nSPS) is 17.4. The van der Waals surface area contributed by atoms with Crippen LogP contribution < -0.4 is 10.6 Å². The third kappa shape index (κ3) is 3.52. The lowest BCUT2D eigenvalue weighted by molar-refractivity contribution is -0.144. The maximum absolute atomic E-state index is 12.8. The summed E-state index contributed by atoms with van der Waals surface area (Å²) in [6.45, 7) is 5.07. The first-order valence-corrected chi connectivity index (χ1v) is 6.76. The lowest BCUT2D eigenvalue weighted by Gasteiger charge is -2.38. The van der Waals surface area contributed by atoms with Gasteiger partial charge in [-0.1, -0.05) is 13.3 Å². The van der Waals surface area contributed by atoms with Gasteiger partial charge in [-0.25, -0.2) is 9.97 Å². The average Bonchev–Trinajstić information content (AvgIpc) is 2.33. The minimum absolute atomic E-state index is 0.168. The fourth-order valence-corrected chi connectivity index (χ4v) is 2.20. The highest BCUT2D eigenvalue weighted by molar-refractivity contribution is 5.48. The van der Waals surface area contributed by atoms with E-state index in [-0.39, 0.29) is 17.1 Å². The Kier molecular flexibility index (Phi) is 4.06. The zero-order chi connectivity index (χ0) is 14.8.